The Labute approximate surface area is 306 Å². The maximum Gasteiger partial charge on any atom is 0.138 e. The smallest absolute Gasteiger partial charge is 0.138 e. The molecule has 53 heavy (non-hydrogen) atoms. The fourth-order valence-corrected chi connectivity index (χ4v) is 8.93. The molecule has 1 aliphatic rings. The summed E-state index contributed by atoms with van der Waals surface area (Å²) in [5.74, 6) is 0. The number of rotatable bonds is 1. The lowest BCUT2D eigenvalue weighted by Gasteiger charge is -2.24. The molecule has 2 aromatic heterocycles. The molecule has 0 unspecified atom stereocenters. The maximum absolute atomic E-state index is 8.13. The summed E-state index contributed by atoms with van der Waals surface area (Å²) < 4.78 is 8.15. The van der Waals surface area contributed by atoms with Gasteiger partial charge in [-0.25, -0.2) is 0 Å². The lowest BCUT2D eigenvalue weighted by atomic mass is 9.79. The number of nitrogens with two attached hydrogens (primary N) is 1. The maximum atomic E-state index is 8.13. The van der Waals surface area contributed by atoms with Crippen LogP contribution in [0.15, 0.2) is 156 Å². The number of fused-ring (bicyclic) bond motifs is 14. The molecule has 0 saturated carbocycles. The van der Waals surface area contributed by atoms with Crippen molar-refractivity contribution in [3.05, 3.63) is 174 Å². The number of benzene rings is 8. The van der Waals surface area contributed by atoms with Crippen LogP contribution in [0.5, 0.6) is 0 Å². The standard InChI is InChI=1S/C36H27N.C13H10N2O/c1-22-16-18-23(19-17-22)37-30-15-9-7-13-28(30)32-31(37)21-20-25-24-10-4-5-11-26(24)35-34(33(25)32)27-12-6-8-14-29(27)36(35,2)3;14-9-5-3-7-11-12(9)13(15)8-4-1-2-6-10(8)16-11/h4-21H,1-3H3;1-7,15H,14H2. The molecule has 0 amide bonds. The predicted octanol–water partition coefficient (Wildman–Crippen LogP) is 12.4. The highest BCUT2D eigenvalue weighted by Gasteiger charge is 2.38. The van der Waals surface area contributed by atoms with Crippen molar-refractivity contribution in [2.24, 2.45) is 0 Å². The van der Waals surface area contributed by atoms with E-state index in [1.54, 1.807) is 6.07 Å². The Morgan fingerprint density at radius 1 is 0.547 bits per heavy atom. The van der Waals surface area contributed by atoms with E-state index in [9.17, 15) is 0 Å². The van der Waals surface area contributed by atoms with E-state index >= 15 is 0 Å². The van der Waals surface area contributed by atoms with Crippen molar-refractivity contribution >= 4 is 71.0 Å². The molecule has 11 rings (SSSR count). The lowest BCUT2D eigenvalue weighted by molar-refractivity contribution is 0.659. The van der Waals surface area contributed by atoms with Gasteiger partial charge in [0.2, 0.25) is 0 Å². The Hall–Kier alpha value is -6.65. The quantitative estimate of drug-likeness (QED) is 0.103. The summed E-state index contributed by atoms with van der Waals surface area (Å²) >= 11 is 0. The van der Waals surface area contributed by atoms with Crippen LogP contribution in [0.2, 0.25) is 0 Å². The highest BCUT2D eigenvalue weighted by molar-refractivity contribution is 6.31. The molecular weight excluding hydrogens is 647 g/mol. The van der Waals surface area contributed by atoms with Crippen molar-refractivity contribution in [1.82, 2.24) is 4.57 Å². The van der Waals surface area contributed by atoms with E-state index in [2.05, 4.69) is 135 Å². The van der Waals surface area contributed by atoms with Crippen molar-refractivity contribution in [2.75, 3.05) is 5.73 Å². The van der Waals surface area contributed by atoms with E-state index in [-0.39, 0.29) is 5.41 Å². The second-order valence-electron chi connectivity index (χ2n) is 14.7. The van der Waals surface area contributed by atoms with Gasteiger partial charge >= 0.3 is 0 Å². The van der Waals surface area contributed by atoms with E-state index in [1.807, 2.05) is 36.4 Å². The second-order valence-corrected chi connectivity index (χ2v) is 14.7. The largest absolute Gasteiger partial charge is 0.456 e. The molecule has 0 atom stereocenters. The third-order valence-corrected chi connectivity index (χ3v) is 11.3. The molecule has 4 nitrogen and oxygen atoms in total. The molecule has 0 saturated heterocycles. The fraction of sp³-hybridized carbons (Fsp3) is 0.0816. The highest BCUT2D eigenvalue weighted by atomic mass is 16.3. The van der Waals surface area contributed by atoms with Gasteiger partial charge in [0.15, 0.2) is 0 Å². The number of nitrogen functional groups attached to an aromatic ring is 1. The van der Waals surface area contributed by atoms with Crippen LogP contribution < -0.4 is 11.1 Å². The van der Waals surface area contributed by atoms with Crippen LogP contribution in [0.1, 0.15) is 30.5 Å². The van der Waals surface area contributed by atoms with Crippen LogP contribution in [0.4, 0.5) is 5.69 Å². The van der Waals surface area contributed by atoms with Gasteiger partial charge in [0, 0.05) is 38.3 Å². The molecule has 0 radical (unpaired) electrons. The number of para-hydroxylation sites is 2. The van der Waals surface area contributed by atoms with Gasteiger partial charge in [-0.3, -0.25) is 5.41 Å². The number of hydrogen-bond acceptors (Lipinski definition) is 3. The number of hydrogen-bond donors (Lipinski definition) is 2. The van der Waals surface area contributed by atoms with E-state index in [4.69, 9.17) is 15.6 Å². The molecule has 0 aliphatic heterocycles. The van der Waals surface area contributed by atoms with Gasteiger partial charge in [-0.2, -0.15) is 0 Å². The van der Waals surface area contributed by atoms with Crippen LogP contribution in [0, 0.1) is 12.3 Å². The van der Waals surface area contributed by atoms with E-state index in [0.717, 1.165) is 5.39 Å². The van der Waals surface area contributed by atoms with Gasteiger partial charge in [0.1, 0.15) is 11.2 Å². The van der Waals surface area contributed by atoms with Gasteiger partial charge in [-0.05, 0) is 93.9 Å². The average molecular weight is 684 g/mol. The van der Waals surface area contributed by atoms with Crippen molar-refractivity contribution in [3.63, 3.8) is 0 Å². The van der Waals surface area contributed by atoms with Gasteiger partial charge in [-0.1, -0.05) is 123 Å². The number of aryl methyl sites for hydroxylation is 1. The van der Waals surface area contributed by atoms with E-state index in [0.29, 0.717) is 27.6 Å². The summed E-state index contributed by atoms with van der Waals surface area (Å²) in [5.41, 5.74) is 18.4. The second kappa shape index (κ2) is 11.4. The molecule has 2 heterocycles. The molecule has 3 N–H and O–H groups in total. The van der Waals surface area contributed by atoms with Crippen LogP contribution in [-0.4, -0.2) is 4.57 Å². The number of anilines is 1. The van der Waals surface area contributed by atoms with Crippen molar-refractivity contribution in [2.45, 2.75) is 26.2 Å². The molecule has 254 valence electrons. The summed E-state index contributed by atoms with van der Waals surface area (Å²) in [6, 6.07) is 53.5. The van der Waals surface area contributed by atoms with Crippen LogP contribution >= 0.6 is 0 Å². The first kappa shape index (κ1) is 31.1. The van der Waals surface area contributed by atoms with Crippen LogP contribution in [0.25, 0.3) is 82.1 Å². The molecule has 0 spiro atoms. The van der Waals surface area contributed by atoms with Gasteiger partial charge < -0.3 is 14.7 Å². The third-order valence-electron chi connectivity index (χ3n) is 11.3. The zero-order valence-electron chi connectivity index (χ0n) is 29.9. The summed E-state index contributed by atoms with van der Waals surface area (Å²) in [6.45, 7) is 6.94. The van der Waals surface area contributed by atoms with Crippen molar-refractivity contribution in [3.8, 4) is 16.8 Å². The van der Waals surface area contributed by atoms with Crippen LogP contribution in [0.3, 0.4) is 0 Å². The van der Waals surface area contributed by atoms with Crippen molar-refractivity contribution < 1.29 is 4.42 Å². The van der Waals surface area contributed by atoms with Gasteiger partial charge in [-0.15, -0.1) is 0 Å². The van der Waals surface area contributed by atoms with E-state index in [1.165, 1.54) is 76.9 Å². The Kier molecular flexibility index (Phi) is 6.71. The first-order chi connectivity index (χ1) is 25.8. The van der Waals surface area contributed by atoms with Gasteiger partial charge in [0.25, 0.3) is 0 Å². The Bertz CT molecular complexity index is 3180. The summed E-state index contributed by atoms with van der Waals surface area (Å²) in [4.78, 5) is 0. The molecule has 1 aliphatic carbocycles. The Balaban J connectivity index is 0.000000182. The first-order valence-corrected chi connectivity index (χ1v) is 18.2. The topological polar surface area (TPSA) is 67.9 Å². The first-order valence-electron chi connectivity index (χ1n) is 18.2. The predicted molar refractivity (Wildman–Crippen MR) is 222 cm³/mol. The molecule has 0 bridgehead atoms. The average Bonchev–Trinajstić information content (AvgIpc) is 3.64. The van der Waals surface area contributed by atoms with Crippen molar-refractivity contribution in [1.29, 1.82) is 5.41 Å². The minimum atomic E-state index is -0.0722. The van der Waals surface area contributed by atoms with Gasteiger partial charge in [0.05, 0.1) is 21.8 Å². The number of nitrogens with one attached hydrogen (secondary N) is 1. The Morgan fingerprint density at radius 3 is 2.02 bits per heavy atom. The molecule has 0 fully saturated rings. The highest BCUT2D eigenvalue weighted by Crippen LogP contribution is 2.56. The lowest BCUT2D eigenvalue weighted by Crippen LogP contribution is -2.15. The van der Waals surface area contributed by atoms with Crippen LogP contribution in [-0.2, 0) is 5.41 Å². The SMILES string of the molecule is Cc1ccc(-n2c3ccccc3c3c4c5c(c6ccccc6c4ccc32)C(C)(C)c2ccccc2-5)cc1.N=c1c2ccccc2oc2cccc(N)c12. The fourth-order valence-electron chi connectivity index (χ4n) is 8.93. The summed E-state index contributed by atoms with van der Waals surface area (Å²) in [5, 5.41) is 18.1. The third kappa shape index (κ3) is 4.45. The minimum Gasteiger partial charge on any atom is -0.456 e. The molecule has 4 heteroatoms. The minimum absolute atomic E-state index is 0.0722. The Morgan fingerprint density at radius 2 is 1.21 bits per heavy atom. The normalized spacial score (nSPS) is 13.1. The molecule has 8 aromatic carbocycles. The van der Waals surface area contributed by atoms with E-state index < -0.39 is 0 Å². The molecular formula is C49H37N3O. The monoisotopic (exact) mass is 683 g/mol. The number of aromatic nitrogens is 1. The number of nitrogens with zero attached hydrogens (tertiary/aromatic N) is 1. The zero-order chi connectivity index (χ0) is 36.0. The molecule has 10 aromatic rings. The summed E-state index contributed by atoms with van der Waals surface area (Å²) in [6.07, 6.45) is 0. The summed E-state index contributed by atoms with van der Waals surface area (Å²) in [7, 11) is 0. The zero-order valence-corrected chi connectivity index (χ0v) is 29.9.